The smallest absolute Gasteiger partial charge is 0.354 e. The Balaban J connectivity index is 1.78. The summed E-state index contributed by atoms with van der Waals surface area (Å²) in [5, 5.41) is 8.97. The molecule has 1 aromatic heterocycles. The average molecular weight is 247 g/mol. The van der Waals surface area contributed by atoms with Crippen LogP contribution in [0.15, 0.2) is 18.3 Å². The van der Waals surface area contributed by atoms with E-state index < -0.39 is 5.97 Å². The summed E-state index contributed by atoms with van der Waals surface area (Å²) in [6, 6.07) is 4.21. The van der Waals surface area contributed by atoms with Gasteiger partial charge in [-0.3, -0.25) is 4.90 Å². The Morgan fingerprint density at radius 2 is 2.28 bits per heavy atom. The molecule has 3 heterocycles. The maximum Gasteiger partial charge on any atom is 0.354 e. The molecule has 0 saturated carbocycles. The molecule has 0 amide bonds. The molecule has 2 fully saturated rings. The number of carboxylic acid groups (broad SMARTS) is 1. The van der Waals surface area contributed by atoms with Crippen molar-refractivity contribution in [2.45, 2.75) is 18.9 Å². The number of fused-ring (bicyclic) bond motifs is 1. The van der Waals surface area contributed by atoms with Crippen molar-refractivity contribution in [1.82, 2.24) is 9.88 Å². The van der Waals surface area contributed by atoms with Crippen LogP contribution in [0, 0.1) is 0 Å². The van der Waals surface area contributed by atoms with Crippen LogP contribution < -0.4 is 4.90 Å². The summed E-state index contributed by atoms with van der Waals surface area (Å²) in [5.41, 5.74) is 1.11. The average Bonchev–Trinajstić information content (AvgIpc) is 2.86. The fourth-order valence-corrected chi connectivity index (χ4v) is 2.96. The predicted molar refractivity (Wildman–Crippen MR) is 68.0 cm³/mol. The van der Waals surface area contributed by atoms with E-state index in [0.717, 1.165) is 25.3 Å². The van der Waals surface area contributed by atoms with Gasteiger partial charge in [0.2, 0.25) is 0 Å². The molecule has 2 aliphatic rings. The van der Waals surface area contributed by atoms with Gasteiger partial charge in [-0.1, -0.05) is 0 Å². The topological polar surface area (TPSA) is 56.7 Å². The molecule has 0 aromatic carbocycles. The Hall–Kier alpha value is -1.62. The van der Waals surface area contributed by atoms with Gasteiger partial charge >= 0.3 is 5.97 Å². The van der Waals surface area contributed by atoms with Gasteiger partial charge in [0, 0.05) is 37.6 Å². The summed E-state index contributed by atoms with van der Waals surface area (Å²) in [6.45, 7) is 4.27. The largest absolute Gasteiger partial charge is 0.477 e. The van der Waals surface area contributed by atoms with E-state index in [1.807, 2.05) is 6.07 Å². The minimum Gasteiger partial charge on any atom is -0.477 e. The summed E-state index contributed by atoms with van der Waals surface area (Å²) in [7, 11) is 0. The first-order chi connectivity index (χ1) is 8.74. The maximum absolute atomic E-state index is 10.9. The molecule has 0 bridgehead atoms. The SMILES string of the molecule is O=C(O)c1cc(N2CCN3CCCC3C2)ccn1. The highest BCUT2D eigenvalue weighted by atomic mass is 16.4. The second-order valence-corrected chi connectivity index (χ2v) is 4.98. The quantitative estimate of drug-likeness (QED) is 0.847. The first-order valence-electron chi connectivity index (χ1n) is 6.42. The van der Waals surface area contributed by atoms with E-state index in [9.17, 15) is 4.79 Å². The van der Waals surface area contributed by atoms with Gasteiger partial charge in [0.15, 0.2) is 0 Å². The van der Waals surface area contributed by atoms with E-state index >= 15 is 0 Å². The summed E-state index contributed by atoms with van der Waals surface area (Å²) in [5.74, 6) is -0.962. The van der Waals surface area contributed by atoms with Gasteiger partial charge in [-0.2, -0.15) is 0 Å². The molecule has 1 atom stereocenters. The lowest BCUT2D eigenvalue weighted by Gasteiger charge is -2.38. The molecule has 1 aromatic rings. The Morgan fingerprint density at radius 1 is 1.39 bits per heavy atom. The predicted octanol–water partition coefficient (Wildman–Crippen LogP) is 1.06. The van der Waals surface area contributed by atoms with Crippen molar-refractivity contribution in [2.24, 2.45) is 0 Å². The molecule has 1 N–H and O–H groups in total. The number of carbonyl (C=O) groups is 1. The molecule has 2 saturated heterocycles. The fraction of sp³-hybridized carbons (Fsp3) is 0.538. The van der Waals surface area contributed by atoms with E-state index in [2.05, 4.69) is 14.8 Å². The van der Waals surface area contributed by atoms with Gasteiger partial charge < -0.3 is 10.0 Å². The highest BCUT2D eigenvalue weighted by Crippen LogP contribution is 2.25. The molecule has 5 nitrogen and oxygen atoms in total. The second-order valence-electron chi connectivity index (χ2n) is 4.98. The van der Waals surface area contributed by atoms with Gasteiger partial charge in [-0.15, -0.1) is 0 Å². The Bertz CT molecular complexity index is 463. The summed E-state index contributed by atoms with van der Waals surface area (Å²) in [4.78, 5) is 19.6. The van der Waals surface area contributed by atoms with Crippen molar-refractivity contribution < 1.29 is 9.90 Å². The molecule has 5 heteroatoms. The molecule has 2 aliphatic heterocycles. The third kappa shape index (κ3) is 2.06. The molecule has 3 rings (SSSR count). The van der Waals surface area contributed by atoms with Gasteiger partial charge in [0.05, 0.1) is 0 Å². The van der Waals surface area contributed by atoms with Crippen LogP contribution in [0.2, 0.25) is 0 Å². The number of anilines is 1. The lowest BCUT2D eigenvalue weighted by atomic mass is 10.1. The summed E-state index contributed by atoms with van der Waals surface area (Å²) in [6.07, 6.45) is 4.13. The van der Waals surface area contributed by atoms with Crippen molar-refractivity contribution in [3.8, 4) is 0 Å². The van der Waals surface area contributed by atoms with E-state index in [1.165, 1.54) is 19.4 Å². The van der Waals surface area contributed by atoms with Crippen LogP contribution in [0.5, 0.6) is 0 Å². The van der Waals surface area contributed by atoms with Gasteiger partial charge in [0.25, 0.3) is 0 Å². The minimum atomic E-state index is -0.962. The van der Waals surface area contributed by atoms with Gasteiger partial charge in [-0.05, 0) is 31.5 Å². The van der Waals surface area contributed by atoms with Crippen molar-refractivity contribution in [1.29, 1.82) is 0 Å². The number of aromatic carboxylic acids is 1. The zero-order valence-electron chi connectivity index (χ0n) is 10.2. The monoisotopic (exact) mass is 247 g/mol. The number of carboxylic acids is 1. The standard InChI is InChI=1S/C13H17N3O2/c17-13(18)12-8-10(3-4-14-12)16-7-6-15-5-1-2-11(15)9-16/h3-4,8,11H,1-2,5-7,9H2,(H,17,18). The van der Waals surface area contributed by atoms with Crippen molar-refractivity contribution in [3.63, 3.8) is 0 Å². The molecular formula is C13H17N3O2. The highest BCUT2D eigenvalue weighted by molar-refractivity contribution is 5.86. The van der Waals surface area contributed by atoms with Crippen LogP contribution in [-0.4, -0.2) is 53.2 Å². The Kier molecular flexibility index (Phi) is 2.91. The van der Waals surface area contributed by atoms with Crippen molar-refractivity contribution in [3.05, 3.63) is 24.0 Å². The van der Waals surface area contributed by atoms with Crippen LogP contribution in [0.4, 0.5) is 5.69 Å². The molecule has 0 spiro atoms. The number of nitrogens with zero attached hydrogens (tertiary/aromatic N) is 3. The molecule has 96 valence electrons. The fourth-order valence-electron chi connectivity index (χ4n) is 2.96. The van der Waals surface area contributed by atoms with Crippen LogP contribution in [-0.2, 0) is 0 Å². The van der Waals surface area contributed by atoms with E-state index in [-0.39, 0.29) is 5.69 Å². The number of rotatable bonds is 2. The molecule has 0 aliphatic carbocycles. The van der Waals surface area contributed by atoms with Crippen LogP contribution in [0.3, 0.4) is 0 Å². The zero-order chi connectivity index (χ0) is 12.5. The third-order valence-electron chi connectivity index (χ3n) is 3.92. The van der Waals surface area contributed by atoms with Crippen LogP contribution >= 0.6 is 0 Å². The van der Waals surface area contributed by atoms with Crippen molar-refractivity contribution in [2.75, 3.05) is 31.1 Å². The number of piperazine rings is 1. The Labute approximate surface area is 106 Å². The highest BCUT2D eigenvalue weighted by Gasteiger charge is 2.30. The van der Waals surface area contributed by atoms with Crippen molar-refractivity contribution >= 4 is 11.7 Å². The summed E-state index contributed by atoms with van der Waals surface area (Å²) < 4.78 is 0. The first kappa shape index (κ1) is 11.5. The Morgan fingerprint density at radius 3 is 3.11 bits per heavy atom. The second kappa shape index (κ2) is 4.57. The number of pyridine rings is 1. The first-order valence-corrected chi connectivity index (χ1v) is 6.42. The maximum atomic E-state index is 10.9. The van der Waals surface area contributed by atoms with Gasteiger partial charge in [0.1, 0.15) is 5.69 Å². The third-order valence-corrected chi connectivity index (χ3v) is 3.92. The van der Waals surface area contributed by atoms with Crippen LogP contribution in [0.1, 0.15) is 23.3 Å². The zero-order valence-corrected chi connectivity index (χ0v) is 10.2. The normalized spacial score (nSPS) is 24.0. The molecule has 1 unspecified atom stereocenters. The number of hydrogen-bond donors (Lipinski definition) is 1. The molecule has 0 radical (unpaired) electrons. The summed E-state index contributed by atoms with van der Waals surface area (Å²) >= 11 is 0. The lowest BCUT2D eigenvalue weighted by molar-refractivity contribution is 0.0690. The van der Waals surface area contributed by atoms with Crippen LogP contribution in [0.25, 0.3) is 0 Å². The van der Waals surface area contributed by atoms with E-state index in [1.54, 1.807) is 12.3 Å². The lowest BCUT2D eigenvalue weighted by Crippen LogP contribution is -2.50. The van der Waals surface area contributed by atoms with E-state index in [0.29, 0.717) is 6.04 Å². The van der Waals surface area contributed by atoms with E-state index in [4.69, 9.17) is 5.11 Å². The van der Waals surface area contributed by atoms with Gasteiger partial charge in [-0.25, -0.2) is 9.78 Å². The molecule has 18 heavy (non-hydrogen) atoms. The number of aromatic nitrogens is 1. The minimum absolute atomic E-state index is 0.126. The number of hydrogen-bond acceptors (Lipinski definition) is 4. The molecular weight excluding hydrogens is 230 g/mol.